The van der Waals surface area contributed by atoms with Crippen molar-refractivity contribution in [3.8, 4) is 0 Å². The van der Waals surface area contributed by atoms with Crippen LogP contribution >= 0.6 is 11.8 Å². The second kappa shape index (κ2) is 6.65. The maximum Gasteiger partial charge on any atom is 0.321 e. The number of rotatable bonds is 3. The first-order valence-electron chi connectivity index (χ1n) is 6.53. The highest BCUT2D eigenvalue weighted by Crippen LogP contribution is 2.21. The Hall–Kier alpha value is -1.69. The summed E-state index contributed by atoms with van der Waals surface area (Å²) < 4.78 is 0. The van der Waals surface area contributed by atoms with Crippen molar-refractivity contribution in [1.29, 1.82) is 0 Å². The molecule has 1 unspecified atom stereocenters. The fourth-order valence-electron chi connectivity index (χ4n) is 2.27. The van der Waals surface area contributed by atoms with E-state index < -0.39 is 11.9 Å². The quantitative estimate of drug-likeness (QED) is 0.841. The predicted molar refractivity (Wildman–Crippen MR) is 79.2 cm³/mol. The zero-order valence-corrected chi connectivity index (χ0v) is 12.2. The van der Waals surface area contributed by atoms with Crippen molar-refractivity contribution in [2.75, 3.05) is 24.7 Å². The summed E-state index contributed by atoms with van der Waals surface area (Å²) in [6.45, 7) is 0.890. The van der Waals surface area contributed by atoms with Crippen molar-refractivity contribution in [2.24, 2.45) is 5.92 Å². The number of carboxylic acids is 1. The molecule has 0 bridgehead atoms. The van der Waals surface area contributed by atoms with E-state index in [1.807, 2.05) is 30.5 Å². The van der Waals surface area contributed by atoms with Crippen LogP contribution in [-0.4, -0.2) is 41.4 Å². The lowest BCUT2D eigenvalue weighted by Gasteiger charge is -2.30. The van der Waals surface area contributed by atoms with Crippen LogP contribution < -0.4 is 5.32 Å². The fraction of sp³-hybridized carbons (Fsp3) is 0.429. The van der Waals surface area contributed by atoms with Crippen molar-refractivity contribution in [3.05, 3.63) is 24.3 Å². The minimum atomic E-state index is -0.827. The van der Waals surface area contributed by atoms with Gasteiger partial charge in [0.15, 0.2) is 0 Å². The summed E-state index contributed by atoms with van der Waals surface area (Å²) >= 11 is 1.61. The standard InChI is InChI=1S/C14H18N2O3S/c1-20-12-6-2-5-11(8-12)15-14(19)16-7-3-4-10(9-16)13(17)18/h2,5-6,8,10H,3-4,7,9H2,1H3,(H,15,19)(H,17,18). The summed E-state index contributed by atoms with van der Waals surface area (Å²) in [4.78, 5) is 25.8. The number of benzene rings is 1. The number of nitrogens with one attached hydrogen (secondary N) is 1. The maximum absolute atomic E-state index is 12.2. The SMILES string of the molecule is CSc1cccc(NC(=O)N2CCCC(C(=O)O)C2)c1. The van der Waals surface area contributed by atoms with Crippen LogP contribution in [0.25, 0.3) is 0 Å². The second-order valence-electron chi connectivity index (χ2n) is 4.79. The first-order valence-corrected chi connectivity index (χ1v) is 7.75. The van der Waals surface area contributed by atoms with Gasteiger partial charge < -0.3 is 15.3 Å². The summed E-state index contributed by atoms with van der Waals surface area (Å²) in [6, 6.07) is 7.37. The Morgan fingerprint density at radius 1 is 1.45 bits per heavy atom. The number of carboxylic acid groups (broad SMARTS) is 1. The van der Waals surface area contributed by atoms with Gasteiger partial charge in [-0.1, -0.05) is 6.07 Å². The Kier molecular flexibility index (Phi) is 4.89. The molecule has 1 saturated heterocycles. The number of piperidine rings is 1. The maximum atomic E-state index is 12.2. The molecule has 1 atom stereocenters. The van der Waals surface area contributed by atoms with Crippen LogP contribution in [0, 0.1) is 5.92 Å². The summed E-state index contributed by atoms with van der Waals surface area (Å²) in [7, 11) is 0. The van der Waals surface area contributed by atoms with Gasteiger partial charge in [-0.3, -0.25) is 4.79 Å². The van der Waals surface area contributed by atoms with Crippen LogP contribution in [0.4, 0.5) is 10.5 Å². The van der Waals surface area contributed by atoms with Gasteiger partial charge in [-0.05, 0) is 37.3 Å². The average Bonchev–Trinajstić information content (AvgIpc) is 2.47. The lowest BCUT2D eigenvalue weighted by atomic mass is 9.99. The Morgan fingerprint density at radius 2 is 2.25 bits per heavy atom. The third-order valence-electron chi connectivity index (χ3n) is 3.38. The molecule has 0 aliphatic carbocycles. The van der Waals surface area contributed by atoms with Crippen LogP contribution in [0.5, 0.6) is 0 Å². The second-order valence-corrected chi connectivity index (χ2v) is 5.67. The topological polar surface area (TPSA) is 69.6 Å². The molecule has 1 aliphatic heterocycles. The molecule has 1 fully saturated rings. The van der Waals surface area contributed by atoms with E-state index in [2.05, 4.69) is 5.32 Å². The number of carbonyl (C=O) groups is 2. The number of likely N-dealkylation sites (tertiary alicyclic amines) is 1. The lowest BCUT2D eigenvalue weighted by molar-refractivity contribution is -0.143. The first-order chi connectivity index (χ1) is 9.60. The van der Waals surface area contributed by atoms with E-state index >= 15 is 0 Å². The van der Waals surface area contributed by atoms with Crippen molar-refractivity contribution in [3.63, 3.8) is 0 Å². The number of amides is 2. The number of nitrogens with zero attached hydrogens (tertiary/aromatic N) is 1. The number of hydrogen-bond acceptors (Lipinski definition) is 3. The Morgan fingerprint density at radius 3 is 2.95 bits per heavy atom. The van der Waals surface area contributed by atoms with Crippen molar-refractivity contribution in [2.45, 2.75) is 17.7 Å². The minimum Gasteiger partial charge on any atom is -0.481 e. The van der Waals surface area contributed by atoms with E-state index in [1.165, 1.54) is 0 Å². The largest absolute Gasteiger partial charge is 0.481 e. The molecule has 0 saturated carbocycles. The van der Waals surface area contributed by atoms with Crippen LogP contribution in [0.3, 0.4) is 0 Å². The Bertz CT molecular complexity index is 507. The highest BCUT2D eigenvalue weighted by atomic mass is 32.2. The summed E-state index contributed by atoms with van der Waals surface area (Å²) in [5.74, 6) is -1.28. The molecule has 6 heteroatoms. The average molecular weight is 294 g/mol. The van der Waals surface area contributed by atoms with Gasteiger partial charge in [0.05, 0.1) is 5.92 Å². The number of anilines is 1. The predicted octanol–water partition coefficient (Wildman–Crippen LogP) is 2.74. The smallest absolute Gasteiger partial charge is 0.321 e. The van der Waals surface area contributed by atoms with Crippen LogP contribution in [0.1, 0.15) is 12.8 Å². The molecule has 2 N–H and O–H groups in total. The molecule has 5 nitrogen and oxygen atoms in total. The van der Waals surface area contributed by atoms with E-state index in [9.17, 15) is 9.59 Å². The van der Waals surface area contributed by atoms with Gasteiger partial charge in [0, 0.05) is 23.7 Å². The Balaban J connectivity index is 1.98. The number of hydrogen-bond donors (Lipinski definition) is 2. The van der Waals surface area contributed by atoms with Crippen molar-refractivity contribution >= 4 is 29.4 Å². The molecule has 1 heterocycles. The van der Waals surface area contributed by atoms with E-state index in [-0.39, 0.29) is 12.6 Å². The number of carbonyl (C=O) groups excluding carboxylic acids is 1. The highest BCUT2D eigenvalue weighted by Gasteiger charge is 2.28. The summed E-state index contributed by atoms with van der Waals surface area (Å²) in [6.07, 6.45) is 3.35. The van der Waals surface area contributed by atoms with E-state index in [1.54, 1.807) is 16.7 Å². The molecule has 2 amide bonds. The molecule has 0 aromatic heterocycles. The van der Waals surface area contributed by atoms with Crippen molar-refractivity contribution in [1.82, 2.24) is 4.90 Å². The normalized spacial score (nSPS) is 18.6. The zero-order valence-electron chi connectivity index (χ0n) is 11.3. The molecule has 108 valence electrons. The van der Waals surface area contributed by atoms with Gasteiger partial charge in [0.1, 0.15) is 0 Å². The number of aliphatic carboxylic acids is 1. The van der Waals surface area contributed by atoms with E-state index in [4.69, 9.17) is 5.11 Å². The molecule has 0 radical (unpaired) electrons. The Labute approximate surface area is 122 Å². The van der Waals surface area contributed by atoms with Gasteiger partial charge in [0.2, 0.25) is 0 Å². The monoisotopic (exact) mass is 294 g/mol. The third-order valence-corrected chi connectivity index (χ3v) is 4.10. The fourth-order valence-corrected chi connectivity index (χ4v) is 2.73. The highest BCUT2D eigenvalue weighted by molar-refractivity contribution is 7.98. The molecular formula is C14H18N2O3S. The van der Waals surface area contributed by atoms with E-state index in [0.717, 1.165) is 17.0 Å². The van der Waals surface area contributed by atoms with Crippen molar-refractivity contribution < 1.29 is 14.7 Å². The van der Waals surface area contributed by atoms with Crippen LogP contribution in [0.2, 0.25) is 0 Å². The van der Waals surface area contributed by atoms with Crippen LogP contribution in [0.15, 0.2) is 29.2 Å². The van der Waals surface area contributed by atoms with Gasteiger partial charge in [-0.25, -0.2) is 4.79 Å². The van der Waals surface area contributed by atoms with E-state index in [0.29, 0.717) is 13.0 Å². The molecule has 2 rings (SSSR count). The molecule has 1 aliphatic rings. The van der Waals surface area contributed by atoms with Gasteiger partial charge >= 0.3 is 12.0 Å². The molecular weight excluding hydrogens is 276 g/mol. The van der Waals surface area contributed by atoms with Gasteiger partial charge in [-0.2, -0.15) is 0 Å². The third kappa shape index (κ3) is 3.66. The molecule has 0 spiro atoms. The van der Waals surface area contributed by atoms with Gasteiger partial charge in [0.25, 0.3) is 0 Å². The molecule has 20 heavy (non-hydrogen) atoms. The summed E-state index contributed by atoms with van der Waals surface area (Å²) in [5.41, 5.74) is 0.735. The molecule has 1 aromatic rings. The first kappa shape index (κ1) is 14.7. The molecule has 1 aromatic carbocycles. The van der Waals surface area contributed by atoms with Gasteiger partial charge in [-0.15, -0.1) is 11.8 Å². The summed E-state index contributed by atoms with van der Waals surface area (Å²) in [5, 5.41) is 11.9. The minimum absolute atomic E-state index is 0.228. The number of thioether (sulfide) groups is 1. The zero-order chi connectivity index (χ0) is 14.5. The van der Waals surface area contributed by atoms with Crippen LogP contribution in [-0.2, 0) is 4.79 Å². The number of urea groups is 1. The lowest BCUT2D eigenvalue weighted by Crippen LogP contribution is -2.44.